The molecule has 0 saturated heterocycles. The number of unbranched alkanes of at least 4 members (excludes halogenated alkanes) is 1. The van der Waals surface area contributed by atoms with Gasteiger partial charge in [-0.3, -0.25) is 4.98 Å². The molecule has 2 aromatic heterocycles. The van der Waals surface area contributed by atoms with Crippen molar-refractivity contribution in [3.05, 3.63) is 54.2 Å². The van der Waals surface area contributed by atoms with Gasteiger partial charge in [-0.05, 0) is 49.4 Å². The molecule has 0 spiro atoms. The van der Waals surface area contributed by atoms with E-state index in [4.69, 9.17) is 4.98 Å². The lowest BCUT2D eigenvalue weighted by molar-refractivity contribution is -0.138. The summed E-state index contributed by atoms with van der Waals surface area (Å²) in [6.45, 7) is 4.57. The van der Waals surface area contributed by atoms with Gasteiger partial charge in [-0.2, -0.15) is 0 Å². The van der Waals surface area contributed by atoms with Gasteiger partial charge in [0.2, 0.25) is 0 Å². The first-order valence-corrected chi connectivity index (χ1v) is 11.5. The SMILES string of the molecule is CCCCN(CCC(Nc1ccnc2ccccc12)C(=O)O)c1ccc2c(n1)NCCC2. The van der Waals surface area contributed by atoms with E-state index >= 15 is 0 Å². The van der Waals surface area contributed by atoms with E-state index in [9.17, 15) is 9.90 Å². The summed E-state index contributed by atoms with van der Waals surface area (Å²) in [5, 5.41) is 17.5. The molecular weight excluding hydrogens is 402 g/mol. The molecule has 7 nitrogen and oxygen atoms in total. The van der Waals surface area contributed by atoms with Gasteiger partial charge < -0.3 is 20.6 Å². The summed E-state index contributed by atoms with van der Waals surface area (Å²) in [5.41, 5.74) is 2.89. The van der Waals surface area contributed by atoms with E-state index in [1.807, 2.05) is 30.3 Å². The molecule has 168 valence electrons. The number of pyridine rings is 2. The number of para-hydroxylation sites is 1. The highest BCUT2D eigenvalue weighted by molar-refractivity contribution is 5.92. The molecule has 1 aromatic carbocycles. The van der Waals surface area contributed by atoms with Crippen molar-refractivity contribution in [3.8, 4) is 0 Å². The van der Waals surface area contributed by atoms with Crippen LogP contribution in [0.15, 0.2) is 48.7 Å². The van der Waals surface area contributed by atoms with Crippen LogP contribution < -0.4 is 15.5 Å². The van der Waals surface area contributed by atoms with Gasteiger partial charge >= 0.3 is 5.97 Å². The zero-order valence-corrected chi connectivity index (χ0v) is 18.6. The standard InChI is InChI=1S/C25H31N5O2/c1-2-3-16-30(23-11-10-18-7-6-14-27-24(18)29-23)17-13-22(25(31)32)28-21-12-15-26-20-9-5-4-8-19(20)21/h4-5,8-12,15,22H,2-3,6-7,13-14,16-17H2,1H3,(H,26,28)(H,27,29)(H,31,32). The lowest BCUT2D eigenvalue weighted by Gasteiger charge is -2.27. The molecule has 3 N–H and O–H groups in total. The summed E-state index contributed by atoms with van der Waals surface area (Å²) in [7, 11) is 0. The molecule has 0 bridgehead atoms. The average molecular weight is 434 g/mol. The van der Waals surface area contributed by atoms with Crippen molar-refractivity contribution in [2.24, 2.45) is 0 Å². The maximum absolute atomic E-state index is 12.1. The second-order valence-corrected chi connectivity index (χ2v) is 8.25. The van der Waals surface area contributed by atoms with Crippen molar-refractivity contribution >= 4 is 34.2 Å². The monoisotopic (exact) mass is 433 g/mol. The van der Waals surface area contributed by atoms with Crippen molar-refractivity contribution in [2.45, 2.75) is 45.1 Å². The normalized spacial score (nSPS) is 13.8. The molecule has 1 atom stereocenters. The van der Waals surface area contributed by atoms with E-state index in [0.717, 1.165) is 67.0 Å². The quantitative estimate of drug-likeness (QED) is 0.432. The fourth-order valence-electron chi connectivity index (χ4n) is 4.14. The molecule has 0 radical (unpaired) electrons. The van der Waals surface area contributed by atoms with E-state index in [-0.39, 0.29) is 0 Å². The molecule has 4 rings (SSSR count). The van der Waals surface area contributed by atoms with Crippen molar-refractivity contribution < 1.29 is 9.90 Å². The van der Waals surface area contributed by atoms with Crippen LogP contribution in [-0.2, 0) is 11.2 Å². The van der Waals surface area contributed by atoms with Gasteiger partial charge in [0.05, 0.1) is 5.52 Å². The number of aryl methyl sites for hydroxylation is 1. The summed E-state index contributed by atoms with van der Waals surface area (Å²) in [4.78, 5) is 23.5. The molecular formula is C25H31N5O2. The van der Waals surface area contributed by atoms with Gasteiger partial charge in [0.25, 0.3) is 0 Å². The summed E-state index contributed by atoms with van der Waals surface area (Å²) >= 11 is 0. The fourth-order valence-corrected chi connectivity index (χ4v) is 4.14. The zero-order valence-electron chi connectivity index (χ0n) is 18.6. The van der Waals surface area contributed by atoms with Crippen LogP contribution in [0.2, 0.25) is 0 Å². The van der Waals surface area contributed by atoms with Gasteiger partial charge in [-0.25, -0.2) is 9.78 Å². The number of benzene rings is 1. The van der Waals surface area contributed by atoms with Gasteiger partial charge in [-0.1, -0.05) is 37.6 Å². The number of carboxylic acid groups (broad SMARTS) is 1. The highest BCUT2D eigenvalue weighted by Crippen LogP contribution is 2.25. The maximum atomic E-state index is 12.1. The van der Waals surface area contributed by atoms with E-state index in [0.29, 0.717) is 13.0 Å². The Bertz CT molecular complexity index is 1070. The van der Waals surface area contributed by atoms with Crippen LogP contribution in [0.25, 0.3) is 10.9 Å². The van der Waals surface area contributed by atoms with Crippen molar-refractivity contribution in [1.82, 2.24) is 9.97 Å². The van der Waals surface area contributed by atoms with Gasteiger partial charge in [-0.15, -0.1) is 0 Å². The van der Waals surface area contributed by atoms with Gasteiger partial charge in [0, 0.05) is 36.9 Å². The first-order valence-electron chi connectivity index (χ1n) is 11.5. The third-order valence-electron chi connectivity index (χ3n) is 5.95. The van der Waals surface area contributed by atoms with Crippen molar-refractivity contribution in [2.75, 3.05) is 35.2 Å². The summed E-state index contributed by atoms with van der Waals surface area (Å²) < 4.78 is 0. The predicted molar refractivity (Wildman–Crippen MR) is 130 cm³/mol. The predicted octanol–water partition coefficient (Wildman–Crippen LogP) is 4.55. The third-order valence-corrected chi connectivity index (χ3v) is 5.95. The number of rotatable bonds is 10. The van der Waals surface area contributed by atoms with Crippen LogP contribution >= 0.6 is 0 Å². The summed E-state index contributed by atoms with van der Waals surface area (Å²) in [6.07, 6.45) is 6.46. The molecule has 1 aliphatic rings. The first-order chi connectivity index (χ1) is 15.7. The number of aliphatic carboxylic acids is 1. The Morgan fingerprint density at radius 1 is 1.22 bits per heavy atom. The average Bonchev–Trinajstić information content (AvgIpc) is 2.83. The minimum Gasteiger partial charge on any atom is -0.480 e. The van der Waals surface area contributed by atoms with Crippen molar-refractivity contribution in [3.63, 3.8) is 0 Å². The van der Waals surface area contributed by atoms with Crippen LogP contribution in [0, 0.1) is 0 Å². The van der Waals surface area contributed by atoms with Crippen LogP contribution in [0.4, 0.5) is 17.3 Å². The first kappa shape index (κ1) is 21.9. The van der Waals surface area contributed by atoms with Crippen LogP contribution in [0.3, 0.4) is 0 Å². The van der Waals surface area contributed by atoms with E-state index in [2.05, 4.69) is 39.6 Å². The minimum atomic E-state index is -0.860. The molecule has 1 aliphatic heterocycles. The van der Waals surface area contributed by atoms with Gasteiger partial charge in [0.1, 0.15) is 17.7 Å². The second kappa shape index (κ2) is 10.3. The Morgan fingerprint density at radius 2 is 2.09 bits per heavy atom. The third kappa shape index (κ3) is 5.10. The Hall–Kier alpha value is -3.35. The number of nitrogens with one attached hydrogen (secondary N) is 2. The molecule has 7 heteroatoms. The Morgan fingerprint density at radius 3 is 2.94 bits per heavy atom. The molecule has 0 fully saturated rings. The lowest BCUT2D eigenvalue weighted by Crippen LogP contribution is -2.36. The topological polar surface area (TPSA) is 90.4 Å². The molecule has 3 aromatic rings. The van der Waals surface area contributed by atoms with Crippen LogP contribution in [-0.4, -0.2) is 46.7 Å². The fraction of sp³-hybridized carbons (Fsp3) is 0.400. The molecule has 0 amide bonds. The molecule has 32 heavy (non-hydrogen) atoms. The second-order valence-electron chi connectivity index (χ2n) is 8.25. The number of fused-ring (bicyclic) bond motifs is 2. The zero-order chi connectivity index (χ0) is 22.3. The summed E-state index contributed by atoms with van der Waals surface area (Å²) in [5.74, 6) is 1.01. The van der Waals surface area contributed by atoms with E-state index < -0.39 is 12.0 Å². The highest BCUT2D eigenvalue weighted by atomic mass is 16.4. The maximum Gasteiger partial charge on any atom is 0.326 e. The van der Waals surface area contributed by atoms with Gasteiger partial charge in [0.15, 0.2) is 0 Å². The lowest BCUT2D eigenvalue weighted by atomic mass is 10.1. The smallest absolute Gasteiger partial charge is 0.326 e. The molecule has 3 heterocycles. The van der Waals surface area contributed by atoms with Crippen LogP contribution in [0.5, 0.6) is 0 Å². The Labute approximate surface area is 188 Å². The number of hydrogen-bond donors (Lipinski definition) is 3. The largest absolute Gasteiger partial charge is 0.480 e. The molecule has 0 aliphatic carbocycles. The minimum absolute atomic E-state index is 0.460. The number of hydrogen-bond acceptors (Lipinski definition) is 6. The number of nitrogens with zero attached hydrogens (tertiary/aromatic N) is 3. The number of aromatic nitrogens is 2. The van der Waals surface area contributed by atoms with Crippen molar-refractivity contribution in [1.29, 1.82) is 0 Å². The molecule has 1 unspecified atom stereocenters. The number of carbonyl (C=O) groups is 1. The summed E-state index contributed by atoms with van der Waals surface area (Å²) in [6, 6.07) is 13.1. The number of anilines is 3. The Balaban J connectivity index is 1.50. The van der Waals surface area contributed by atoms with Crippen LogP contribution in [0.1, 0.15) is 38.2 Å². The van der Waals surface area contributed by atoms with E-state index in [1.54, 1.807) is 6.20 Å². The highest BCUT2D eigenvalue weighted by Gasteiger charge is 2.21. The molecule has 0 saturated carbocycles. The Kier molecular flexibility index (Phi) is 7.04. The number of carboxylic acids is 1. The van der Waals surface area contributed by atoms with E-state index in [1.165, 1.54) is 5.56 Å².